The van der Waals surface area contributed by atoms with Crippen molar-refractivity contribution >= 4 is 32.3 Å². The van der Waals surface area contributed by atoms with Crippen LogP contribution in [0.25, 0.3) is 10.9 Å². The van der Waals surface area contributed by atoms with Gasteiger partial charge in [-0.25, -0.2) is 12.8 Å². The van der Waals surface area contributed by atoms with Crippen LogP contribution in [-0.4, -0.2) is 44.2 Å². The predicted molar refractivity (Wildman–Crippen MR) is 123 cm³/mol. The Kier molecular flexibility index (Phi) is 6.15. The lowest BCUT2D eigenvalue weighted by atomic mass is 10.0. The number of piperidine rings is 1. The van der Waals surface area contributed by atoms with Crippen LogP contribution in [0.1, 0.15) is 35.8 Å². The zero-order valence-electron chi connectivity index (χ0n) is 18.1. The van der Waals surface area contributed by atoms with Gasteiger partial charge in [0.05, 0.1) is 21.7 Å². The molecule has 8 heteroatoms. The summed E-state index contributed by atoms with van der Waals surface area (Å²) in [7, 11) is -3.21. The molecule has 1 amide bonds. The van der Waals surface area contributed by atoms with E-state index >= 15 is 0 Å². The lowest BCUT2D eigenvalue weighted by Crippen LogP contribution is -2.44. The van der Waals surface area contributed by atoms with Crippen molar-refractivity contribution < 1.29 is 17.6 Å². The second-order valence-corrected chi connectivity index (χ2v) is 10.4. The highest BCUT2D eigenvalue weighted by Gasteiger charge is 2.23. The van der Waals surface area contributed by atoms with Crippen LogP contribution in [0, 0.1) is 12.7 Å². The zero-order valence-corrected chi connectivity index (χ0v) is 19.0. The van der Waals surface area contributed by atoms with E-state index in [-0.39, 0.29) is 23.5 Å². The van der Waals surface area contributed by atoms with Crippen LogP contribution in [0.15, 0.2) is 53.4 Å². The van der Waals surface area contributed by atoms with Gasteiger partial charge in [-0.2, -0.15) is 0 Å². The van der Waals surface area contributed by atoms with Gasteiger partial charge in [0.25, 0.3) is 5.91 Å². The normalized spacial score (nSPS) is 15.2. The Labute approximate surface area is 187 Å². The SMILES string of the molecule is CCS(=O)(=O)c1ccc(N2CCC(NC(=O)c3cc(C)nc4cc(F)ccc34)CC2)cc1. The number of carbonyl (C=O) groups is 1. The number of pyridine rings is 1. The summed E-state index contributed by atoms with van der Waals surface area (Å²) in [4.78, 5) is 19.8. The number of fused-ring (bicyclic) bond motifs is 1. The summed E-state index contributed by atoms with van der Waals surface area (Å²) in [5.74, 6) is -0.479. The quantitative estimate of drug-likeness (QED) is 0.632. The Morgan fingerprint density at radius 1 is 1.12 bits per heavy atom. The number of aryl methyl sites for hydroxylation is 1. The minimum Gasteiger partial charge on any atom is -0.371 e. The lowest BCUT2D eigenvalue weighted by molar-refractivity contribution is 0.0932. The molecule has 1 N–H and O–H groups in total. The van der Waals surface area contributed by atoms with E-state index in [4.69, 9.17) is 0 Å². The van der Waals surface area contributed by atoms with E-state index in [9.17, 15) is 17.6 Å². The summed E-state index contributed by atoms with van der Waals surface area (Å²) in [5, 5.41) is 3.74. The molecule has 2 aromatic carbocycles. The zero-order chi connectivity index (χ0) is 22.9. The van der Waals surface area contributed by atoms with E-state index in [0.717, 1.165) is 31.6 Å². The summed E-state index contributed by atoms with van der Waals surface area (Å²) in [6, 6.07) is 13.0. The van der Waals surface area contributed by atoms with Gasteiger partial charge in [-0.15, -0.1) is 0 Å². The van der Waals surface area contributed by atoms with Crippen molar-refractivity contribution in [2.75, 3.05) is 23.7 Å². The smallest absolute Gasteiger partial charge is 0.252 e. The monoisotopic (exact) mass is 455 g/mol. The van der Waals surface area contributed by atoms with Crippen LogP contribution in [-0.2, 0) is 9.84 Å². The molecule has 4 rings (SSSR count). The van der Waals surface area contributed by atoms with Gasteiger partial charge in [-0.3, -0.25) is 9.78 Å². The van der Waals surface area contributed by atoms with Crippen molar-refractivity contribution in [1.82, 2.24) is 10.3 Å². The molecule has 6 nitrogen and oxygen atoms in total. The third-order valence-electron chi connectivity index (χ3n) is 5.92. The molecule has 1 aromatic heterocycles. The third-order valence-corrected chi connectivity index (χ3v) is 7.67. The number of nitrogens with one attached hydrogen (secondary N) is 1. The van der Waals surface area contributed by atoms with Crippen molar-refractivity contribution in [2.24, 2.45) is 0 Å². The molecule has 3 aromatic rings. The highest BCUT2D eigenvalue weighted by molar-refractivity contribution is 7.91. The van der Waals surface area contributed by atoms with Crippen molar-refractivity contribution in [3.63, 3.8) is 0 Å². The molecular formula is C24H26FN3O3S. The van der Waals surface area contributed by atoms with Crippen molar-refractivity contribution in [1.29, 1.82) is 0 Å². The first-order valence-electron chi connectivity index (χ1n) is 10.7. The van der Waals surface area contributed by atoms with Gasteiger partial charge in [0.2, 0.25) is 0 Å². The number of aromatic nitrogens is 1. The molecule has 1 saturated heterocycles. The Morgan fingerprint density at radius 3 is 2.47 bits per heavy atom. The molecule has 0 radical (unpaired) electrons. The number of hydrogen-bond acceptors (Lipinski definition) is 5. The number of anilines is 1. The topological polar surface area (TPSA) is 79.4 Å². The van der Waals surface area contributed by atoms with Crippen molar-refractivity contribution in [3.8, 4) is 0 Å². The maximum atomic E-state index is 13.6. The van der Waals surface area contributed by atoms with Crippen LogP contribution in [0.5, 0.6) is 0 Å². The summed E-state index contributed by atoms with van der Waals surface area (Å²) < 4.78 is 37.6. The Hall–Kier alpha value is -3.00. The van der Waals surface area contributed by atoms with E-state index in [1.807, 2.05) is 12.1 Å². The molecule has 0 aliphatic carbocycles. The van der Waals surface area contributed by atoms with E-state index in [1.165, 1.54) is 12.1 Å². The molecule has 0 saturated carbocycles. The molecule has 2 heterocycles. The largest absolute Gasteiger partial charge is 0.371 e. The maximum Gasteiger partial charge on any atom is 0.252 e. The standard InChI is InChI=1S/C24H26FN3O3S/c1-3-32(30,31)20-7-5-19(6-8-20)28-12-10-18(11-13-28)27-24(29)22-14-16(2)26-23-15-17(25)4-9-21(22)23/h4-9,14-15,18H,3,10-13H2,1-2H3,(H,27,29). The molecule has 1 fully saturated rings. The second-order valence-electron chi connectivity index (χ2n) is 8.10. The molecule has 1 aliphatic heterocycles. The fourth-order valence-electron chi connectivity index (χ4n) is 4.10. The summed E-state index contributed by atoms with van der Waals surface area (Å²) in [6.45, 7) is 4.94. The van der Waals surface area contributed by atoms with E-state index in [1.54, 1.807) is 38.1 Å². The van der Waals surface area contributed by atoms with Crippen LogP contribution >= 0.6 is 0 Å². The highest BCUT2D eigenvalue weighted by Crippen LogP contribution is 2.24. The fourth-order valence-corrected chi connectivity index (χ4v) is 4.98. The van der Waals surface area contributed by atoms with Gasteiger partial charge in [0.1, 0.15) is 5.82 Å². The molecule has 168 valence electrons. The molecule has 0 unspecified atom stereocenters. The van der Waals surface area contributed by atoms with Gasteiger partial charge >= 0.3 is 0 Å². The number of nitrogens with zero attached hydrogens (tertiary/aromatic N) is 2. The number of halogens is 1. The van der Waals surface area contributed by atoms with Gasteiger partial charge < -0.3 is 10.2 Å². The second kappa shape index (κ2) is 8.86. The predicted octanol–water partition coefficient (Wildman–Crippen LogP) is 3.87. The number of carbonyl (C=O) groups excluding carboxylic acids is 1. The highest BCUT2D eigenvalue weighted by atomic mass is 32.2. The minimum atomic E-state index is -3.21. The number of sulfone groups is 1. The van der Waals surface area contributed by atoms with Gasteiger partial charge in [-0.05, 0) is 62.2 Å². The molecule has 32 heavy (non-hydrogen) atoms. The third kappa shape index (κ3) is 4.60. The van der Waals surface area contributed by atoms with Gasteiger partial charge in [-0.1, -0.05) is 6.92 Å². The number of benzene rings is 2. The Balaban J connectivity index is 1.41. The Morgan fingerprint density at radius 2 is 1.81 bits per heavy atom. The number of hydrogen-bond donors (Lipinski definition) is 1. The van der Waals surface area contributed by atoms with Crippen LogP contribution in [0.4, 0.5) is 10.1 Å². The summed E-state index contributed by atoms with van der Waals surface area (Å²) >= 11 is 0. The molecule has 0 bridgehead atoms. The first-order chi connectivity index (χ1) is 15.3. The maximum absolute atomic E-state index is 13.6. The molecule has 1 aliphatic rings. The average molecular weight is 456 g/mol. The minimum absolute atomic E-state index is 0.0301. The first-order valence-corrected chi connectivity index (χ1v) is 12.4. The first kappa shape index (κ1) is 22.2. The van der Waals surface area contributed by atoms with E-state index < -0.39 is 9.84 Å². The summed E-state index contributed by atoms with van der Waals surface area (Å²) in [6.07, 6.45) is 1.55. The number of rotatable bonds is 5. The summed E-state index contributed by atoms with van der Waals surface area (Å²) in [5.41, 5.74) is 2.61. The van der Waals surface area contributed by atoms with Crippen LogP contribution < -0.4 is 10.2 Å². The van der Waals surface area contributed by atoms with Crippen molar-refractivity contribution in [3.05, 3.63) is 65.6 Å². The van der Waals surface area contributed by atoms with Crippen LogP contribution in [0.3, 0.4) is 0 Å². The van der Waals surface area contributed by atoms with E-state index in [0.29, 0.717) is 27.1 Å². The lowest BCUT2D eigenvalue weighted by Gasteiger charge is -2.34. The fraction of sp³-hybridized carbons (Fsp3) is 0.333. The van der Waals surface area contributed by atoms with Gasteiger partial charge in [0.15, 0.2) is 9.84 Å². The van der Waals surface area contributed by atoms with Crippen LogP contribution in [0.2, 0.25) is 0 Å². The molecule has 0 spiro atoms. The van der Waals surface area contributed by atoms with Crippen molar-refractivity contribution in [2.45, 2.75) is 37.6 Å². The molecule has 0 atom stereocenters. The average Bonchev–Trinajstić information content (AvgIpc) is 2.78. The van der Waals surface area contributed by atoms with Gasteiger partial charge in [0, 0.05) is 42.0 Å². The number of amides is 1. The Bertz CT molecular complexity index is 1250. The van der Waals surface area contributed by atoms with E-state index in [2.05, 4.69) is 15.2 Å². The molecular weight excluding hydrogens is 429 g/mol.